The van der Waals surface area contributed by atoms with Crippen molar-refractivity contribution in [3.8, 4) is 11.1 Å². The zero-order chi connectivity index (χ0) is 9.97. The SMILES string of the molecule is CSc1cccc(-c2cnn(C)c2)c1. The van der Waals surface area contributed by atoms with Crippen LogP contribution in [0.25, 0.3) is 11.1 Å². The van der Waals surface area contributed by atoms with Gasteiger partial charge in [-0.1, -0.05) is 12.1 Å². The van der Waals surface area contributed by atoms with Crippen molar-refractivity contribution in [2.24, 2.45) is 7.05 Å². The Morgan fingerprint density at radius 3 is 2.79 bits per heavy atom. The smallest absolute Gasteiger partial charge is 0.0568 e. The second-order valence-electron chi connectivity index (χ2n) is 3.13. The molecular formula is C11H12N2S. The van der Waals surface area contributed by atoms with E-state index in [1.807, 2.05) is 24.1 Å². The lowest BCUT2D eigenvalue weighted by atomic mass is 10.1. The average molecular weight is 204 g/mol. The topological polar surface area (TPSA) is 17.8 Å². The number of thioether (sulfide) groups is 1. The molecule has 0 bridgehead atoms. The molecule has 0 amide bonds. The highest BCUT2D eigenvalue weighted by Gasteiger charge is 2.00. The minimum atomic E-state index is 1.17. The molecule has 3 heteroatoms. The Morgan fingerprint density at radius 1 is 1.29 bits per heavy atom. The molecule has 1 heterocycles. The summed E-state index contributed by atoms with van der Waals surface area (Å²) in [5.41, 5.74) is 2.40. The van der Waals surface area contributed by atoms with Gasteiger partial charge < -0.3 is 0 Å². The Labute approximate surface area is 87.9 Å². The second-order valence-corrected chi connectivity index (χ2v) is 4.01. The Balaban J connectivity index is 2.41. The quantitative estimate of drug-likeness (QED) is 0.700. The van der Waals surface area contributed by atoms with Gasteiger partial charge in [0.25, 0.3) is 0 Å². The van der Waals surface area contributed by atoms with Gasteiger partial charge in [-0.2, -0.15) is 5.10 Å². The Morgan fingerprint density at radius 2 is 2.14 bits per heavy atom. The molecule has 0 fully saturated rings. The summed E-state index contributed by atoms with van der Waals surface area (Å²) in [7, 11) is 1.93. The lowest BCUT2D eigenvalue weighted by Gasteiger charge is -1.99. The van der Waals surface area contributed by atoms with Crippen molar-refractivity contribution in [3.63, 3.8) is 0 Å². The molecule has 1 aromatic heterocycles. The summed E-state index contributed by atoms with van der Waals surface area (Å²) in [5.74, 6) is 0. The average Bonchev–Trinajstić information content (AvgIpc) is 2.65. The molecule has 2 aromatic rings. The summed E-state index contributed by atoms with van der Waals surface area (Å²) in [6.07, 6.45) is 6.00. The molecule has 2 nitrogen and oxygen atoms in total. The molecular weight excluding hydrogens is 192 g/mol. The highest BCUT2D eigenvalue weighted by atomic mass is 32.2. The van der Waals surface area contributed by atoms with Crippen molar-refractivity contribution >= 4 is 11.8 Å². The Hall–Kier alpha value is -1.22. The number of aromatic nitrogens is 2. The molecule has 0 atom stereocenters. The van der Waals surface area contributed by atoms with Crippen LogP contribution in [0.2, 0.25) is 0 Å². The molecule has 2 rings (SSSR count). The van der Waals surface area contributed by atoms with Gasteiger partial charge in [-0.25, -0.2) is 0 Å². The summed E-state index contributed by atoms with van der Waals surface area (Å²) < 4.78 is 1.82. The van der Waals surface area contributed by atoms with E-state index >= 15 is 0 Å². The molecule has 1 aromatic carbocycles. The van der Waals surface area contributed by atoms with Crippen LogP contribution in [0.4, 0.5) is 0 Å². The van der Waals surface area contributed by atoms with Crippen molar-refractivity contribution < 1.29 is 0 Å². The van der Waals surface area contributed by atoms with E-state index in [0.717, 1.165) is 0 Å². The van der Waals surface area contributed by atoms with Crippen molar-refractivity contribution in [2.75, 3.05) is 6.26 Å². The van der Waals surface area contributed by atoms with Crippen molar-refractivity contribution in [2.45, 2.75) is 4.90 Å². The third kappa shape index (κ3) is 1.82. The standard InChI is InChI=1S/C11H12N2S/c1-13-8-10(7-12-13)9-4-3-5-11(6-9)14-2/h3-8H,1-2H3. The van der Waals surface area contributed by atoms with Crippen molar-refractivity contribution in [1.82, 2.24) is 9.78 Å². The molecule has 0 unspecified atom stereocenters. The van der Waals surface area contributed by atoms with Gasteiger partial charge in [0, 0.05) is 23.7 Å². The summed E-state index contributed by atoms with van der Waals surface area (Å²) >= 11 is 1.76. The van der Waals surface area contributed by atoms with Gasteiger partial charge in [-0.3, -0.25) is 4.68 Å². The fourth-order valence-corrected chi connectivity index (χ4v) is 1.83. The van der Waals surface area contributed by atoms with Gasteiger partial charge in [0.15, 0.2) is 0 Å². The van der Waals surface area contributed by atoms with Crippen LogP contribution in [0, 0.1) is 0 Å². The molecule has 0 radical (unpaired) electrons. The predicted octanol–water partition coefficient (Wildman–Crippen LogP) is 2.81. The lowest BCUT2D eigenvalue weighted by Crippen LogP contribution is -1.84. The maximum absolute atomic E-state index is 4.16. The van der Waals surface area contributed by atoms with Crippen LogP contribution in [0.15, 0.2) is 41.6 Å². The van der Waals surface area contributed by atoms with E-state index in [9.17, 15) is 0 Å². The zero-order valence-electron chi connectivity index (χ0n) is 8.27. The molecule has 0 aliphatic heterocycles. The van der Waals surface area contributed by atoms with E-state index in [1.165, 1.54) is 16.0 Å². The highest BCUT2D eigenvalue weighted by Crippen LogP contribution is 2.23. The van der Waals surface area contributed by atoms with E-state index in [1.54, 1.807) is 11.8 Å². The number of nitrogens with zero attached hydrogens (tertiary/aromatic N) is 2. The van der Waals surface area contributed by atoms with E-state index in [4.69, 9.17) is 0 Å². The molecule has 14 heavy (non-hydrogen) atoms. The first-order chi connectivity index (χ1) is 6.79. The fraction of sp³-hybridized carbons (Fsp3) is 0.182. The van der Waals surface area contributed by atoms with Gasteiger partial charge in [0.05, 0.1) is 6.20 Å². The number of rotatable bonds is 2. The van der Waals surface area contributed by atoms with Crippen LogP contribution in [-0.2, 0) is 7.05 Å². The van der Waals surface area contributed by atoms with Crippen molar-refractivity contribution in [1.29, 1.82) is 0 Å². The van der Waals surface area contributed by atoms with Gasteiger partial charge in [-0.05, 0) is 24.0 Å². The first-order valence-corrected chi connectivity index (χ1v) is 5.65. The van der Waals surface area contributed by atoms with Gasteiger partial charge in [-0.15, -0.1) is 11.8 Å². The molecule has 0 spiro atoms. The van der Waals surface area contributed by atoms with E-state index in [-0.39, 0.29) is 0 Å². The summed E-state index contributed by atoms with van der Waals surface area (Å²) in [6, 6.07) is 8.48. The first kappa shape index (κ1) is 9.34. The highest BCUT2D eigenvalue weighted by molar-refractivity contribution is 7.98. The molecule has 72 valence electrons. The van der Waals surface area contributed by atoms with Crippen LogP contribution in [0.5, 0.6) is 0 Å². The first-order valence-electron chi connectivity index (χ1n) is 4.42. The monoisotopic (exact) mass is 204 g/mol. The van der Waals surface area contributed by atoms with E-state index in [0.29, 0.717) is 0 Å². The largest absolute Gasteiger partial charge is 0.275 e. The van der Waals surface area contributed by atoms with Crippen LogP contribution < -0.4 is 0 Å². The van der Waals surface area contributed by atoms with Crippen LogP contribution in [0.3, 0.4) is 0 Å². The van der Waals surface area contributed by atoms with Crippen LogP contribution >= 0.6 is 11.8 Å². The van der Waals surface area contributed by atoms with Crippen LogP contribution in [0.1, 0.15) is 0 Å². The number of aryl methyl sites for hydroxylation is 1. The third-order valence-electron chi connectivity index (χ3n) is 2.11. The number of hydrogen-bond acceptors (Lipinski definition) is 2. The lowest BCUT2D eigenvalue weighted by molar-refractivity contribution is 0.768. The maximum Gasteiger partial charge on any atom is 0.0568 e. The van der Waals surface area contributed by atoms with Gasteiger partial charge in [0.2, 0.25) is 0 Å². The van der Waals surface area contributed by atoms with Crippen LogP contribution in [-0.4, -0.2) is 16.0 Å². The summed E-state index contributed by atoms with van der Waals surface area (Å²) in [4.78, 5) is 1.28. The minimum Gasteiger partial charge on any atom is -0.275 e. The normalized spacial score (nSPS) is 10.4. The number of benzene rings is 1. The van der Waals surface area contributed by atoms with Gasteiger partial charge >= 0.3 is 0 Å². The molecule has 0 aliphatic rings. The number of hydrogen-bond donors (Lipinski definition) is 0. The summed E-state index contributed by atoms with van der Waals surface area (Å²) in [6.45, 7) is 0. The summed E-state index contributed by atoms with van der Waals surface area (Å²) in [5, 5.41) is 4.16. The molecule has 0 saturated heterocycles. The zero-order valence-corrected chi connectivity index (χ0v) is 9.08. The second kappa shape index (κ2) is 3.88. The minimum absolute atomic E-state index is 1.17. The predicted molar refractivity (Wildman–Crippen MR) is 60.4 cm³/mol. The molecule has 0 N–H and O–H groups in total. The third-order valence-corrected chi connectivity index (χ3v) is 2.83. The van der Waals surface area contributed by atoms with E-state index < -0.39 is 0 Å². The van der Waals surface area contributed by atoms with Crippen molar-refractivity contribution in [3.05, 3.63) is 36.7 Å². The maximum atomic E-state index is 4.16. The Bertz CT molecular complexity index is 434. The fourth-order valence-electron chi connectivity index (χ4n) is 1.37. The molecule has 0 saturated carbocycles. The molecule has 0 aliphatic carbocycles. The van der Waals surface area contributed by atoms with E-state index in [2.05, 4.69) is 35.6 Å². The Kier molecular flexibility index (Phi) is 2.59. The van der Waals surface area contributed by atoms with Gasteiger partial charge in [0.1, 0.15) is 0 Å².